The molecule has 0 spiro atoms. The minimum Gasteiger partial charge on any atom is -0.483 e. The first-order valence-electron chi connectivity index (χ1n) is 6.33. The zero-order valence-electron chi connectivity index (χ0n) is 11.4. The smallest absolute Gasteiger partial charge is 0.257 e. The van der Waals surface area contributed by atoms with Crippen LogP contribution in [0.3, 0.4) is 0 Å². The molecular weight excluding hydrogens is 322 g/mol. The van der Waals surface area contributed by atoms with Crippen molar-refractivity contribution in [3.8, 4) is 11.8 Å². The number of benzene rings is 1. The number of nitriles is 1. The Morgan fingerprint density at radius 1 is 1.60 bits per heavy atom. The molecule has 0 aromatic heterocycles. The molecule has 6 heteroatoms. The zero-order valence-corrected chi connectivity index (χ0v) is 12.9. The Morgan fingerprint density at radius 3 is 3.00 bits per heavy atom. The molecule has 1 unspecified atom stereocenters. The third kappa shape index (κ3) is 6.04. The number of rotatable bonds is 7. The van der Waals surface area contributed by atoms with Crippen molar-refractivity contribution in [3.05, 3.63) is 28.2 Å². The molecule has 20 heavy (non-hydrogen) atoms. The molecule has 1 atom stereocenters. The van der Waals surface area contributed by atoms with Gasteiger partial charge in [-0.25, -0.2) is 0 Å². The topological polar surface area (TPSA) is 88.1 Å². The van der Waals surface area contributed by atoms with Crippen molar-refractivity contribution in [1.29, 1.82) is 5.26 Å². The van der Waals surface area contributed by atoms with Crippen molar-refractivity contribution < 1.29 is 9.53 Å². The normalized spacial score (nSPS) is 11.5. The lowest BCUT2D eigenvalue weighted by atomic mass is 10.1. The van der Waals surface area contributed by atoms with Crippen LogP contribution in [0.4, 0.5) is 0 Å². The molecule has 5 nitrogen and oxygen atoms in total. The third-order valence-electron chi connectivity index (χ3n) is 2.48. The number of halogens is 1. The second-order valence-corrected chi connectivity index (χ2v) is 5.40. The van der Waals surface area contributed by atoms with E-state index in [-0.39, 0.29) is 18.6 Å². The van der Waals surface area contributed by atoms with E-state index in [0.717, 1.165) is 10.0 Å². The Bertz CT molecular complexity index is 498. The summed E-state index contributed by atoms with van der Waals surface area (Å²) in [6.07, 6.45) is 0.963. The van der Waals surface area contributed by atoms with Crippen molar-refractivity contribution in [2.24, 2.45) is 5.73 Å². The van der Waals surface area contributed by atoms with Gasteiger partial charge in [-0.15, -0.1) is 0 Å². The second-order valence-electron chi connectivity index (χ2n) is 4.48. The summed E-state index contributed by atoms with van der Waals surface area (Å²) >= 11 is 3.40. The molecule has 0 aliphatic carbocycles. The number of carbonyl (C=O) groups excluding carboxylic acids is 1. The highest BCUT2D eigenvalue weighted by atomic mass is 79.9. The Kier molecular flexibility index (Phi) is 7.05. The van der Waals surface area contributed by atoms with Gasteiger partial charge in [0.05, 0.1) is 12.5 Å². The van der Waals surface area contributed by atoms with Gasteiger partial charge in [0.2, 0.25) is 0 Å². The molecule has 3 N–H and O–H groups in total. The quantitative estimate of drug-likeness (QED) is 0.740. The van der Waals surface area contributed by atoms with E-state index in [1.807, 2.05) is 31.2 Å². The summed E-state index contributed by atoms with van der Waals surface area (Å²) in [5.74, 6) is 0.413. The van der Waals surface area contributed by atoms with Gasteiger partial charge in [0, 0.05) is 17.1 Å². The SMILES string of the molecule is CC(N)Cc1cc(Br)ccc1OCC(=O)NCCC#N. The van der Waals surface area contributed by atoms with Crippen molar-refractivity contribution in [2.75, 3.05) is 13.2 Å². The number of nitrogens with two attached hydrogens (primary N) is 1. The van der Waals surface area contributed by atoms with Gasteiger partial charge in [-0.1, -0.05) is 15.9 Å². The molecule has 1 aromatic carbocycles. The van der Waals surface area contributed by atoms with E-state index in [9.17, 15) is 4.79 Å². The summed E-state index contributed by atoms with van der Waals surface area (Å²) in [4.78, 5) is 11.5. The van der Waals surface area contributed by atoms with Crippen LogP contribution in [0.1, 0.15) is 18.9 Å². The Morgan fingerprint density at radius 2 is 2.35 bits per heavy atom. The lowest BCUT2D eigenvalue weighted by Crippen LogP contribution is -2.29. The van der Waals surface area contributed by atoms with Crippen LogP contribution in [-0.2, 0) is 11.2 Å². The van der Waals surface area contributed by atoms with Crippen molar-refractivity contribution in [3.63, 3.8) is 0 Å². The van der Waals surface area contributed by atoms with Gasteiger partial charge < -0.3 is 15.8 Å². The maximum atomic E-state index is 11.5. The van der Waals surface area contributed by atoms with Crippen LogP contribution in [0.2, 0.25) is 0 Å². The van der Waals surface area contributed by atoms with E-state index >= 15 is 0 Å². The minimum absolute atomic E-state index is 0.0103. The molecule has 0 bridgehead atoms. The van der Waals surface area contributed by atoms with Crippen molar-refractivity contribution >= 4 is 21.8 Å². The first-order valence-corrected chi connectivity index (χ1v) is 7.12. The van der Waals surface area contributed by atoms with Crippen molar-refractivity contribution in [2.45, 2.75) is 25.8 Å². The van der Waals surface area contributed by atoms with Crippen LogP contribution >= 0.6 is 15.9 Å². The summed E-state index contributed by atoms with van der Waals surface area (Å²) in [5, 5.41) is 11.0. The third-order valence-corrected chi connectivity index (χ3v) is 2.98. The van der Waals surface area contributed by atoms with E-state index < -0.39 is 0 Å². The fourth-order valence-electron chi connectivity index (χ4n) is 1.65. The Labute approximate surface area is 127 Å². The van der Waals surface area contributed by atoms with Crippen LogP contribution < -0.4 is 15.8 Å². The van der Waals surface area contributed by atoms with Gasteiger partial charge in [0.1, 0.15) is 5.75 Å². The lowest BCUT2D eigenvalue weighted by Gasteiger charge is -2.13. The van der Waals surface area contributed by atoms with E-state index in [1.54, 1.807) is 0 Å². The molecule has 108 valence electrons. The van der Waals surface area contributed by atoms with E-state index in [1.165, 1.54) is 0 Å². The standard InChI is InChI=1S/C14H18BrN3O2/c1-10(17)7-11-8-12(15)3-4-13(11)20-9-14(19)18-6-2-5-16/h3-4,8,10H,2,6-7,9,17H2,1H3,(H,18,19). The number of carbonyl (C=O) groups is 1. The Hall–Kier alpha value is -1.58. The summed E-state index contributed by atoms with van der Waals surface area (Å²) in [6, 6.07) is 7.57. The fraction of sp³-hybridized carbons (Fsp3) is 0.429. The largest absolute Gasteiger partial charge is 0.483 e. The van der Waals surface area contributed by atoms with Gasteiger partial charge in [0.15, 0.2) is 6.61 Å². The Balaban J connectivity index is 2.58. The van der Waals surface area contributed by atoms with E-state index in [2.05, 4.69) is 21.2 Å². The average molecular weight is 340 g/mol. The van der Waals surface area contributed by atoms with Gasteiger partial charge in [-0.2, -0.15) is 5.26 Å². The maximum Gasteiger partial charge on any atom is 0.257 e. The van der Waals surface area contributed by atoms with E-state index in [0.29, 0.717) is 25.1 Å². The lowest BCUT2D eigenvalue weighted by molar-refractivity contribution is -0.123. The average Bonchev–Trinajstić information content (AvgIpc) is 2.37. The van der Waals surface area contributed by atoms with Gasteiger partial charge in [0.25, 0.3) is 5.91 Å². The van der Waals surface area contributed by atoms with Crippen LogP contribution in [0.25, 0.3) is 0 Å². The predicted molar refractivity (Wildman–Crippen MR) is 80.2 cm³/mol. The molecule has 1 rings (SSSR count). The molecular formula is C14H18BrN3O2. The molecule has 0 fully saturated rings. The highest BCUT2D eigenvalue weighted by Gasteiger charge is 2.09. The van der Waals surface area contributed by atoms with Crippen LogP contribution in [0.5, 0.6) is 5.75 Å². The summed E-state index contributed by atoms with van der Waals surface area (Å²) in [5.41, 5.74) is 6.76. The molecule has 0 radical (unpaired) electrons. The molecule has 0 saturated carbocycles. The molecule has 1 aromatic rings. The highest BCUT2D eigenvalue weighted by Crippen LogP contribution is 2.24. The summed E-state index contributed by atoms with van der Waals surface area (Å²) in [6.45, 7) is 2.18. The first-order chi connectivity index (χ1) is 9.52. The maximum absolute atomic E-state index is 11.5. The van der Waals surface area contributed by atoms with Crippen molar-refractivity contribution in [1.82, 2.24) is 5.32 Å². The van der Waals surface area contributed by atoms with Gasteiger partial charge in [-0.3, -0.25) is 4.79 Å². The summed E-state index contributed by atoms with van der Waals surface area (Å²) in [7, 11) is 0. The molecule has 0 aliphatic heterocycles. The van der Waals surface area contributed by atoms with Gasteiger partial charge >= 0.3 is 0 Å². The number of nitrogens with zero attached hydrogens (tertiary/aromatic N) is 1. The van der Waals surface area contributed by atoms with Crippen LogP contribution in [0.15, 0.2) is 22.7 Å². The number of hydrogen-bond acceptors (Lipinski definition) is 4. The number of ether oxygens (including phenoxy) is 1. The van der Waals surface area contributed by atoms with Crippen LogP contribution in [-0.4, -0.2) is 25.1 Å². The molecule has 1 amide bonds. The van der Waals surface area contributed by atoms with Crippen LogP contribution in [0, 0.1) is 11.3 Å². The monoisotopic (exact) mass is 339 g/mol. The number of nitrogens with one attached hydrogen (secondary N) is 1. The molecule has 0 saturated heterocycles. The number of amides is 1. The minimum atomic E-state index is -0.241. The second kappa shape index (κ2) is 8.56. The molecule has 0 aliphatic rings. The van der Waals surface area contributed by atoms with Gasteiger partial charge in [-0.05, 0) is 37.1 Å². The first kappa shape index (κ1) is 16.5. The number of hydrogen-bond donors (Lipinski definition) is 2. The summed E-state index contributed by atoms with van der Waals surface area (Å²) < 4.78 is 6.46. The highest BCUT2D eigenvalue weighted by molar-refractivity contribution is 9.10. The molecule has 0 heterocycles. The fourth-order valence-corrected chi connectivity index (χ4v) is 2.06. The predicted octanol–water partition coefficient (Wildman–Crippen LogP) is 1.75. The zero-order chi connectivity index (χ0) is 15.0. The van der Waals surface area contributed by atoms with E-state index in [4.69, 9.17) is 15.7 Å².